The Labute approximate surface area is 155 Å². The van der Waals surface area contributed by atoms with E-state index in [9.17, 15) is 4.79 Å². The molecule has 0 fully saturated rings. The third-order valence-electron chi connectivity index (χ3n) is 4.28. The zero-order valence-electron chi connectivity index (χ0n) is 16.3. The molecule has 0 aromatic heterocycles. The molecule has 1 amide bonds. The highest BCUT2D eigenvalue weighted by molar-refractivity contribution is 5.81. The van der Waals surface area contributed by atoms with E-state index in [0.717, 1.165) is 22.4 Å². The number of hydrogen-bond donors (Lipinski definition) is 1. The van der Waals surface area contributed by atoms with Crippen molar-refractivity contribution in [2.75, 3.05) is 14.2 Å². The second kappa shape index (κ2) is 8.61. The van der Waals surface area contributed by atoms with Gasteiger partial charge in [0, 0.05) is 0 Å². The van der Waals surface area contributed by atoms with Gasteiger partial charge >= 0.3 is 0 Å². The zero-order valence-corrected chi connectivity index (χ0v) is 16.3. The van der Waals surface area contributed by atoms with Crippen LogP contribution in [0.25, 0.3) is 0 Å². The van der Waals surface area contributed by atoms with Gasteiger partial charge in [-0.2, -0.15) is 0 Å². The molecule has 0 aliphatic rings. The summed E-state index contributed by atoms with van der Waals surface area (Å²) in [6.07, 6.45) is -0.599. The molecule has 0 saturated carbocycles. The van der Waals surface area contributed by atoms with Crippen LogP contribution in [0.15, 0.2) is 36.4 Å². The predicted octanol–water partition coefficient (Wildman–Crippen LogP) is 3.97. The predicted molar refractivity (Wildman–Crippen MR) is 102 cm³/mol. The summed E-state index contributed by atoms with van der Waals surface area (Å²) in [4.78, 5) is 12.5. The van der Waals surface area contributed by atoms with E-state index in [1.165, 1.54) is 0 Å². The lowest BCUT2D eigenvalue weighted by Crippen LogP contribution is -2.37. The summed E-state index contributed by atoms with van der Waals surface area (Å²) in [6, 6.07) is 11.4. The molecule has 5 heteroatoms. The molecule has 0 radical (unpaired) electrons. The van der Waals surface area contributed by atoms with Crippen LogP contribution in [0.4, 0.5) is 0 Å². The molecule has 140 valence electrons. The minimum atomic E-state index is -0.599. The largest absolute Gasteiger partial charge is 0.493 e. The van der Waals surface area contributed by atoms with Crippen molar-refractivity contribution in [3.63, 3.8) is 0 Å². The maximum absolute atomic E-state index is 12.5. The first-order valence-electron chi connectivity index (χ1n) is 8.62. The van der Waals surface area contributed by atoms with E-state index >= 15 is 0 Å². The molecule has 0 bridgehead atoms. The van der Waals surface area contributed by atoms with Gasteiger partial charge in [-0.25, -0.2) is 0 Å². The lowest BCUT2D eigenvalue weighted by molar-refractivity contribution is -0.127. The van der Waals surface area contributed by atoms with Crippen molar-refractivity contribution in [3.05, 3.63) is 53.1 Å². The van der Waals surface area contributed by atoms with Crippen LogP contribution in [0.1, 0.15) is 36.6 Å². The standard InChI is InChI=1S/C21H27NO4/c1-13-7-8-14(2)19(11-13)26-16(4)21(23)22-15(3)17-9-10-18(24-5)20(12-17)25-6/h7-12,15-16H,1-6H3,(H,22,23)/t15-,16-/m1/s1. The maximum Gasteiger partial charge on any atom is 0.261 e. The van der Waals surface area contributed by atoms with E-state index in [1.54, 1.807) is 21.1 Å². The molecular formula is C21H27NO4. The highest BCUT2D eigenvalue weighted by atomic mass is 16.5. The summed E-state index contributed by atoms with van der Waals surface area (Å²) >= 11 is 0. The van der Waals surface area contributed by atoms with E-state index < -0.39 is 6.10 Å². The SMILES string of the molecule is COc1ccc([C@@H](C)NC(=O)[C@@H](C)Oc2cc(C)ccc2C)cc1OC. The maximum atomic E-state index is 12.5. The minimum absolute atomic E-state index is 0.173. The van der Waals surface area contributed by atoms with Crippen LogP contribution in [0.5, 0.6) is 17.2 Å². The average Bonchev–Trinajstić information content (AvgIpc) is 2.63. The molecular weight excluding hydrogens is 330 g/mol. The molecule has 2 atom stereocenters. The fraction of sp³-hybridized carbons (Fsp3) is 0.381. The van der Waals surface area contributed by atoms with Crippen molar-refractivity contribution in [1.29, 1.82) is 0 Å². The van der Waals surface area contributed by atoms with Gasteiger partial charge in [0.25, 0.3) is 5.91 Å². The van der Waals surface area contributed by atoms with E-state index in [-0.39, 0.29) is 11.9 Å². The lowest BCUT2D eigenvalue weighted by Gasteiger charge is -2.20. The van der Waals surface area contributed by atoms with Crippen molar-refractivity contribution >= 4 is 5.91 Å². The molecule has 0 spiro atoms. The van der Waals surface area contributed by atoms with Crippen molar-refractivity contribution in [2.24, 2.45) is 0 Å². The highest BCUT2D eigenvalue weighted by Gasteiger charge is 2.19. The van der Waals surface area contributed by atoms with Crippen molar-refractivity contribution in [2.45, 2.75) is 39.8 Å². The van der Waals surface area contributed by atoms with Crippen LogP contribution in [0, 0.1) is 13.8 Å². The first-order valence-corrected chi connectivity index (χ1v) is 8.62. The quantitative estimate of drug-likeness (QED) is 0.815. The van der Waals surface area contributed by atoms with Crippen molar-refractivity contribution < 1.29 is 19.0 Å². The number of methoxy groups -OCH3 is 2. The van der Waals surface area contributed by atoms with Gasteiger partial charge < -0.3 is 19.5 Å². The smallest absolute Gasteiger partial charge is 0.261 e. The number of amides is 1. The monoisotopic (exact) mass is 357 g/mol. The first-order chi connectivity index (χ1) is 12.3. The fourth-order valence-corrected chi connectivity index (χ4v) is 2.61. The second-order valence-corrected chi connectivity index (χ2v) is 6.37. The summed E-state index contributed by atoms with van der Waals surface area (Å²) in [6.45, 7) is 7.63. The Balaban J connectivity index is 2.05. The topological polar surface area (TPSA) is 56.8 Å². The van der Waals surface area contributed by atoms with Gasteiger partial charge in [0.15, 0.2) is 17.6 Å². The number of carbonyl (C=O) groups is 1. The average molecular weight is 357 g/mol. The Hall–Kier alpha value is -2.69. The number of carbonyl (C=O) groups excluding carboxylic acids is 1. The van der Waals surface area contributed by atoms with E-state index in [4.69, 9.17) is 14.2 Å². The normalized spacial score (nSPS) is 12.8. The van der Waals surface area contributed by atoms with Crippen LogP contribution in [-0.2, 0) is 4.79 Å². The molecule has 1 N–H and O–H groups in total. The van der Waals surface area contributed by atoms with Crippen LogP contribution in [-0.4, -0.2) is 26.2 Å². The van der Waals surface area contributed by atoms with Gasteiger partial charge in [-0.05, 0) is 62.6 Å². The number of rotatable bonds is 7. The minimum Gasteiger partial charge on any atom is -0.493 e. The number of ether oxygens (including phenoxy) is 3. The van der Waals surface area contributed by atoms with E-state index in [2.05, 4.69) is 5.32 Å². The second-order valence-electron chi connectivity index (χ2n) is 6.37. The first kappa shape index (κ1) is 19.6. The van der Waals surface area contributed by atoms with Crippen LogP contribution < -0.4 is 19.5 Å². The van der Waals surface area contributed by atoms with Gasteiger partial charge in [-0.3, -0.25) is 4.79 Å². The molecule has 2 rings (SSSR count). The zero-order chi connectivity index (χ0) is 19.3. The van der Waals surface area contributed by atoms with Gasteiger partial charge in [0.05, 0.1) is 20.3 Å². The summed E-state index contributed by atoms with van der Waals surface area (Å²) < 4.78 is 16.4. The number of hydrogen-bond acceptors (Lipinski definition) is 4. The molecule has 2 aromatic rings. The van der Waals surface area contributed by atoms with Gasteiger partial charge in [0.1, 0.15) is 5.75 Å². The summed E-state index contributed by atoms with van der Waals surface area (Å²) in [7, 11) is 3.18. The lowest BCUT2D eigenvalue weighted by atomic mass is 10.1. The molecule has 5 nitrogen and oxygen atoms in total. The van der Waals surface area contributed by atoms with Crippen LogP contribution >= 0.6 is 0 Å². The van der Waals surface area contributed by atoms with E-state index in [1.807, 2.05) is 57.2 Å². The van der Waals surface area contributed by atoms with E-state index in [0.29, 0.717) is 11.5 Å². The molecule has 0 saturated heterocycles. The number of aryl methyl sites for hydroxylation is 2. The number of benzene rings is 2. The Morgan fingerprint density at radius 2 is 1.62 bits per heavy atom. The molecule has 26 heavy (non-hydrogen) atoms. The van der Waals surface area contributed by atoms with Crippen LogP contribution in [0.2, 0.25) is 0 Å². The highest BCUT2D eigenvalue weighted by Crippen LogP contribution is 2.30. The Morgan fingerprint density at radius 1 is 0.923 bits per heavy atom. The van der Waals surface area contributed by atoms with Crippen molar-refractivity contribution in [1.82, 2.24) is 5.32 Å². The summed E-state index contributed by atoms with van der Waals surface area (Å²) in [5, 5.41) is 2.98. The molecule has 0 aliphatic heterocycles. The molecule has 0 aliphatic carbocycles. The molecule has 0 unspecified atom stereocenters. The Bertz CT molecular complexity index is 773. The van der Waals surface area contributed by atoms with Gasteiger partial charge in [-0.15, -0.1) is 0 Å². The number of nitrogens with one attached hydrogen (secondary N) is 1. The fourth-order valence-electron chi connectivity index (χ4n) is 2.61. The Kier molecular flexibility index (Phi) is 6.50. The van der Waals surface area contributed by atoms with Gasteiger partial charge in [0.2, 0.25) is 0 Å². The third-order valence-corrected chi connectivity index (χ3v) is 4.28. The molecule has 2 aromatic carbocycles. The Morgan fingerprint density at radius 3 is 2.27 bits per heavy atom. The summed E-state index contributed by atoms with van der Waals surface area (Å²) in [5.41, 5.74) is 3.02. The summed E-state index contributed by atoms with van der Waals surface area (Å²) in [5.74, 6) is 1.84. The molecule has 0 heterocycles. The van der Waals surface area contributed by atoms with Crippen LogP contribution in [0.3, 0.4) is 0 Å². The third kappa shape index (κ3) is 4.69. The van der Waals surface area contributed by atoms with Crippen molar-refractivity contribution in [3.8, 4) is 17.2 Å². The van der Waals surface area contributed by atoms with Gasteiger partial charge in [-0.1, -0.05) is 18.2 Å².